The Balaban J connectivity index is 2.95. The van der Waals surface area contributed by atoms with E-state index in [1.807, 2.05) is 0 Å². The second-order valence-corrected chi connectivity index (χ2v) is 4.25. The van der Waals surface area contributed by atoms with Crippen LogP contribution in [0.3, 0.4) is 0 Å². The number of methoxy groups -OCH3 is 1. The van der Waals surface area contributed by atoms with Gasteiger partial charge in [0.25, 0.3) is 0 Å². The van der Waals surface area contributed by atoms with Crippen LogP contribution in [0.5, 0.6) is 0 Å². The first-order valence-corrected chi connectivity index (χ1v) is 5.56. The molecule has 0 N–H and O–H groups in total. The summed E-state index contributed by atoms with van der Waals surface area (Å²) >= 11 is 0. The highest BCUT2D eigenvalue weighted by Crippen LogP contribution is 2.14. The maximum atomic E-state index is 12.4. The quantitative estimate of drug-likeness (QED) is 0.721. The van der Waals surface area contributed by atoms with Crippen molar-refractivity contribution in [2.45, 2.75) is 12.4 Å². The largest absolute Gasteiger partial charge is 0.380 e. The van der Waals surface area contributed by atoms with E-state index >= 15 is 0 Å². The number of benzene rings is 1. The molecule has 0 fully saturated rings. The van der Waals surface area contributed by atoms with Gasteiger partial charge in [0.2, 0.25) is 0 Å². The molecule has 0 aromatic heterocycles. The summed E-state index contributed by atoms with van der Waals surface area (Å²) in [5, 5.41) is 0. The predicted molar refractivity (Wildman–Crippen MR) is 50.9 cm³/mol. The Bertz CT molecular complexity index is 400. The second-order valence-electron chi connectivity index (χ2n) is 2.88. The lowest BCUT2D eigenvalue weighted by atomic mass is 10.1. The van der Waals surface area contributed by atoms with Crippen LogP contribution in [0.15, 0.2) is 24.3 Å². The maximum Gasteiger partial charge on any atom is 0.306 e. The zero-order valence-electron chi connectivity index (χ0n) is 7.73. The fourth-order valence-corrected chi connectivity index (χ4v) is 1.83. The average molecular weight is 218 g/mol. The minimum absolute atomic E-state index is 0.283. The molecule has 3 nitrogen and oxygen atoms in total. The highest BCUT2D eigenvalue weighted by molar-refractivity contribution is 7.85. The van der Waals surface area contributed by atoms with Gasteiger partial charge >= 0.3 is 10.2 Å². The molecular formula is C9H11FO3S. The van der Waals surface area contributed by atoms with Gasteiger partial charge in [-0.15, -0.1) is 3.89 Å². The Hall–Kier alpha value is -0.940. The van der Waals surface area contributed by atoms with E-state index in [1.165, 1.54) is 7.11 Å². The van der Waals surface area contributed by atoms with E-state index in [4.69, 9.17) is 4.74 Å². The van der Waals surface area contributed by atoms with E-state index in [-0.39, 0.29) is 6.61 Å². The van der Waals surface area contributed by atoms with Crippen molar-refractivity contribution < 1.29 is 17.0 Å². The molecule has 1 aromatic carbocycles. The summed E-state index contributed by atoms with van der Waals surface area (Å²) in [6, 6.07) is 6.71. The topological polar surface area (TPSA) is 43.4 Å². The number of rotatable bonds is 4. The third-order valence-corrected chi connectivity index (χ3v) is 2.40. The molecule has 0 atom stereocenters. The van der Waals surface area contributed by atoms with Crippen LogP contribution >= 0.6 is 0 Å². The number of hydrogen-bond donors (Lipinski definition) is 0. The van der Waals surface area contributed by atoms with Crippen molar-refractivity contribution in [2.75, 3.05) is 7.11 Å². The summed E-state index contributed by atoms with van der Waals surface area (Å²) in [7, 11) is -2.97. The van der Waals surface area contributed by atoms with Crippen LogP contribution in [0.2, 0.25) is 0 Å². The summed E-state index contributed by atoms with van der Waals surface area (Å²) in [6.07, 6.45) is 0. The highest BCUT2D eigenvalue weighted by atomic mass is 32.3. The molecule has 14 heavy (non-hydrogen) atoms. The third kappa shape index (κ3) is 3.43. The lowest BCUT2D eigenvalue weighted by Gasteiger charge is -2.05. The van der Waals surface area contributed by atoms with Gasteiger partial charge in [0, 0.05) is 7.11 Å². The molecule has 1 rings (SSSR count). The minimum Gasteiger partial charge on any atom is -0.380 e. The van der Waals surface area contributed by atoms with Gasteiger partial charge in [0.15, 0.2) is 0 Å². The minimum atomic E-state index is -4.47. The molecular weight excluding hydrogens is 207 g/mol. The Morgan fingerprint density at radius 2 is 1.86 bits per heavy atom. The van der Waals surface area contributed by atoms with E-state index in [0.717, 1.165) is 0 Å². The van der Waals surface area contributed by atoms with Gasteiger partial charge in [-0.25, -0.2) is 0 Å². The Morgan fingerprint density at radius 1 is 1.29 bits per heavy atom. The van der Waals surface area contributed by atoms with Crippen LogP contribution in [0.25, 0.3) is 0 Å². The molecule has 0 aliphatic rings. The lowest BCUT2D eigenvalue weighted by molar-refractivity contribution is 0.184. The molecule has 0 heterocycles. The summed E-state index contributed by atoms with van der Waals surface area (Å²) in [5.41, 5.74) is 1.13. The number of hydrogen-bond acceptors (Lipinski definition) is 3. The summed E-state index contributed by atoms with van der Waals surface area (Å²) in [4.78, 5) is 0. The smallest absolute Gasteiger partial charge is 0.306 e. The fourth-order valence-electron chi connectivity index (χ4n) is 1.18. The molecule has 0 aliphatic carbocycles. The molecule has 0 amide bonds. The highest BCUT2D eigenvalue weighted by Gasteiger charge is 2.11. The number of halogens is 1. The summed E-state index contributed by atoms with van der Waals surface area (Å²) < 4.78 is 38.2. The lowest BCUT2D eigenvalue weighted by Crippen LogP contribution is -2.01. The molecule has 0 unspecified atom stereocenters. The van der Waals surface area contributed by atoms with Crippen molar-refractivity contribution in [1.82, 2.24) is 0 Å². The van der Waals surface area contributed by atoms with Gasteiger partial charge in [0.05, 0.1) is 6.61 Å². The third-order valence-electron chi connectivity index (χ3n) is 1.75. The van der Waals surface area contributed by atoms with Gasteiger partial charge in [-0.2, -0.15) is 8.42 Å². The SMILES string of the molecule is COCc1ccccc1CS(=O)(=O)F. The Kier molecular flexibility index (Phi) is 3.60. The van der Waals surface area contributed by atoms with E-state index in [1.54, 1.807) is 24.3 Å². The van der Waals surface area contributed by atoms with Crippen LogP contribution < -0.4 is 0 Å². The zero-order chi connectivity index (χ0) is 10.6. The predicted octanol–water partition coefficient (Wildman–Crippen LogP) is 1.63. The van der Waals surface area contributed by atoms with Crippen LogP contribution in [-0.4, -0.2) is 15.5 Å². The van der Waals surface area contributed by atoms with Crippen molar-refractivity contribution in [3.8, 4) is 0 Å². The van der Waals surface area contributed by atoms with E-state index in [0.29, 0.717) is 11.1 Å². The normalized spacial score (nSPS) is 11.6. The van der Waals surface area contributed by atoms with Crippen LogP contribution in [0.1, 0.15) is 11.1 Å². The Labute approximate surface area is 82.7 Å². The molecule has 0 aliphatic heterocycles. The first kappa shape index (κ1) is 11.1. The molecule has 0 spiro atoms. The van der Waals surface area contributed by atoms with Crippen molar-refractivity contribution in [3.05, 3.63) is 35.4 Å². The monoisotopic (exact) mass is 218 g/mol. The standard InChI is InChI=1S/C9H11FO3S/c1-13-6-8-4-2-3-5-9(8)7-14(10,11)12/h2-5H,6-7H2,1H3. The zero-order valence-corrected chi connectivity index (χ0v) is 8.55. The van der Waals surface area contributed by atoms with Gasteiger partial charge < -0.3 is 4.74 Å². The first-order valence-electron chi connectivity index (χ1n) is 4.01. The first-order chi connectivity index (χ1) is 6.53. The number of ether oxygens (including phenoxy) is 1. The maximum absolute atomic E-state index is 12.4. The fraction of sp³-hybridized carbons (Fsp3) is 0.333. The van der Waals surface area contributed by atoms with E-state index in [9.17, 15) is 12.3 Å². The molecule has 0 saturated carbocycles. The Morgan fingerprint density at radius 3 is 2.36 bits per heavy atom. The molecule has 0 bridgehead atoms. The molecule has 0 saturated heterocycles. The van der Waals surface area contributed by atoms with E-state index in [2.05, 4.69) is 0 Å². The molecule has 1 aromatic rings. The van der Waals surface area contributed by atoms with Crippen molar-refractivity contribution in [2.24, 2.45) is 0 Å². The van der Waals surface area contributed by atoms with Crippen molar-refractivity contribution in [3.63, 3.8) is 0 Å². The van der Waals surface area contributed by atoms with Crippen LogP contribution in [0, 0.1) is 0 Å². The van der Waals surface area contributed by atoms with Gasteiger partial charge in [-0.1, -0.05) is 24.3 Å². The van der Waals surface area contributed by atoms with E-state index < -0.39 is 16.0 Å². The van der Waals surface area contributed by atoms with Gasteiger partial charge in [0.1, 0.15) is 5.75 Å². The second kappa shape index (κ2) is 4.52. The summed E-state index contributed by atoms with van der Waals surface area (Å²) in [5.74, 6) is -0.591. The van der Waals surface area contributed by atoms with Crippen LogP contribution in [-0.2, 0) is 27.3 Å². The van der Waals surface area contributed by atoms with Gasteiger partial charge in [-0.05, 0) is 11.1 Å². The van der Waals surface area contributed by atoms with Crippen LogP contribution in [0.4, 0.5) is 3.89 Å². The van der Waals surface area contributed by atoms with Gasteiger partial charge in [-0.3, -0.25) is 0 Å². The molecule has 0 radical (unpaired) electrons. The average Bonchev–Trinajstić information content (AvgIpc) is 2.06. The van der Waals surface area contributed by atoms with Crippen molar-refractivity contribution in [1.29, 1.82) is 0 Å². The molecule has 5 heteroatoms. The van der Waals surface area contributed by atoms with Crippen molar-refractivity contribution >= 4 is 10.2 Å². The summed E-state index contributed by atoms with van der Waals surface area (Å²) in [6.45, 7) is 0.283. The molecule has 78 valence electrons.